The normalized spacial score (nSPS) is 18.0. The lowest BCUT2D eigenvalue weighted by Crippen LogP contribution is -2.23. The number of piperidine rings is 1. The van der Waals surface area contributed by atoms with Crippen molar-refractivity contribution in [3.8, 4) is 0 Å². The number of hydrogen-bond donors (Lipinski definition) is 0. The molecular formula is C12H14Cl2N. The Morgan fingerprint density at radius 3 is 2.67 bits per heavy atom. The molecule has 0 amide bonds. The Kier molecular flexibility index (Phi) is 3.90. The van der Waals surface area contributed by atoms with Gasteiger partial charge in [-0.1, -0.05) is 23.2 Å². The predicted octanol–water partition coefficient (Wildman–Crippen LogP) is 3.55. The van der Waals surface area contributed by atoms with E-state index in [4.69, 9.17) is 23.2 Å². The zero-order chi connectivity index (χ0) is 10.7. The summed E-state index contributed by atoms with van der Waals surface area (Å²) in [5.41, 5.74) is 1.18. The van der Waals surface area contributed by atoms with Gasteiger partial charge in [-0.15, -0.1) is 0 Å². The Balaban J connectivity index is 2.05. The van der Waals surface area contributed by atoms with Crippen molar-refractivity contribution >= 4 is 23.2 Å². The third kappa shape index (κ3) is 3.10. The molecule has 0 unspecified atom stereocenters. The highest BCUT2D eigenvalue weighted by Crippen LogP contribution is 2.26. The van der Waals surface area contributed by atoms with Gasteiger partial charge < -0.3 is 0 Å². The van der Waals surface area contributed by atoms with Crippen LogP contribution in [0.4, 0.5) is 0 Å². The van der Waals surface area contributed by atoms with Crippen LogP contribution in [0.1, 0.15) is 18.4 Å². The summed E-state index contributed by atoms with van der Waals surface area (Å²) in [5, 5.41) is 5.96. The lowest BCUT2D eigenvalue weighted by molar-refractivity contribution is 0.368. The number of rotatable bonds is 2. The van der Waals surface area contributed by atoms with Gasteiger partial charge >= 0.3 is 0 Å². The summed E-state index contributed by atoms with van der Waals surface area (Å²) in [6, 6.07) is 5.70. The van der Waals surface area contributed by atoms with Crippen LogP contribution in [0.2, 0.25) is 10.0 Å². The molecule has 0 saturated carbocycles. The van der Waals surface area contributed by atoms with Crippen LogP contribution in [0.5, 0.6) is 0 Å². The summed E-state index contributed by atoms with van der Waals surface area (Å²) in [7, 11) is 0. The molecule has 1 saturated heterocycles. The fraction of sp³-hybridized carbons (Fsp3) is 0.500. The Labute approximate surface area is 101 Å². The highest BCUT2D eigenvalue weighted by Gasteiger charge is 2.15. The second-order valence-corrected chi connectivity index (χ2v) is 4.90. The van der Waals surface area contributed by atoms with Crippen molar-refractivity contribution in [1.82, 2.24) is 5.32 Å². The summed E-state index contributed by atoms with van der Waals surface area (Å²) in [6.07, 6.45) is 3.40. The minimum Gasteiger partial charge on any atom is -0.242 e. The van der Waals surface area contributed by atoms with Gasteiger partial charge in [0.05, 0.1) is 0 Å². The summed E-state index contributed by atoms with van der Waals surface area (Å²) in [6.45, 7) is 2.01. The molecule has 2 rings (SSSR count). The molecule has 0 N–H and O–H groups in total. The first-order valence-electron chi connectivity index (χ1n) is 5.33. The van der Waals surface area contributed by atoms with Gasteiger partial charge in [-0.2, -0.15) is 0 Å². The standard InChI is InChI=1S/C12H14Cl2N/c13-11-1-2-12(14)10(8-11)7-9-3-5-15-6-4-9/h1-2,8-9H,3-7H2. The fourth-order valence-electron chi connectivity index (χ4n) is 2.02. The molecule has 0 aliphatic carbocycles. The van der Waals surface area contributed by atoms with E-state index in [-0.39, 0.29) is 0 Å². The second-order valence-electron chi connectivity index (χ2n) is 4.05. The topological polar surface area (TPSA) is 14.1 Å². The van der Waals surface area contributed by atoms with Gasteiger partial charge in [0.2, 0.25) is 0 Å². The average molecular weight is 243 g/mol. The van der Waals surface area contributed by atoms with Crippen LogP contribution < -0.4 is 5.32 Å². The van der Waals surface area contributed by atoms with E-state index in [1.165, 1.54) is 18.4 Å². The average Bonchev–Trinajstić information content (AvgIpc) is 2.25. The van der Waals surface area contributed by atoms with Crippen LogP contribution in [0.15, 0.2) is 18.2 Å². The van der Waals surface area contributed by atoms with Crippen LogP contribution in [-0.4, -0.2) is 13.1 Å². The van der Waals surface area contributed by atoms with Gasteiger partial charge in [0.1, 0.15) is 0 Å². The first-order chi connectivity index (χ1) is 7.25. The van der Waals surface area contributed by atoms with Gasteiger partial charge in [-0.3, -0.25) is 0 Å². The summed E-state index contributed by atoms with van der Waals surface area (Å²) < 4.78 is 0. The Morgan fingerprint density at radius 2 is 1.93 bits per heavy atom. The molecule has 1 aromatic rings. The molecule has 0 spiro atoms. The van der Waals surface area contributed by atoms with Gasteiger partial charge in [0.25, 0.3) is 0 Å². The first-order valence-corrected chi connectivity index (χ1v) is 6.08. The van der Waals surface area contributed by atoms with Crippen LogP contribution in [0, 0.1) is 5.92 Å². The lowest BCUT2D eigenvalue weighted by atomic mass is 9.91. The molecule has 1 aromatic carbocycles. The molecule has 1 radical (unpaired) electrons. The molecule has 1 aliphatic rings. The van der Waals surface area contributed by atoms with Crippen LogP contribution in [0.3, 0.4) is 0 Å². The molecule has 3 heteroatoms. The van der Waals surface area contributed by atoms with Gasteiger partial charge in [0.15, 0.2) is 0 Å². The van der Waals surface area contributed by atoms with Gasteiger partial charge in [-0.25, -0.2) is 5.32 Å². The molecule has 1 aliphatic heterocycles. The van der Waals surface area contributed by atoms with Crippen molar-refractivity contribution in [3.63, 3.8) is 0 Å². The summed E-state index contributed by atoms with van der Waals surface area (Å²) >= 11 is 12.1. The third-order valence-electron chi connectivity index (χ3n) is 2.91. The number of nitrogens with zero attached hydrogens (tertiary/aromatic N) is 1. The minimum atomic E-state index is 0.721. The zero-order valence-corrected chi connectivity index (χ0v) is 10.1. The van der Waals surface area contributed by atoms with Crippen LogP contribution in [0.25, 0.3) is 0 Å². The quantitative estimate of drug-likeness (QED) is 0.754. The number of benzene rings is 1. The van der Waals surface area contributed by atoms with Crippen LogP contribution >= 0.6 is 23.2 Å². The molecular weight excluding hydrogens is 229 g/mol. The van der Waals surface area contributed by atoms with Crippen molar-refractivity contribution in [2.24, 2.45) is 5.92 Å². The molecule has 1 heterocycles. The maximum Gasteiger partial charge on any atom is 0.0439 e. The molecule has 1 nitrogen and oxygen atoms in total. The van der Waals surface area contributed by atoms with E-state index in [9.17, 15) is 0 Å². The minimum absolute atomic E-state index is 0.721. The fourth-order valence-corrected chi connectivity index (χ4v) is 2.41. The molecule has 1 fully saturated rings. The third-order valence-corrected chi connectivity index (χ3v) is 3.51. The summed E-state index contributed by atoms with van der Waals surface area (Å²) in [4.78, 5) is 0. The van der Waals surface area contributed by atoms with E-state index in [0.29, 0.717) is 0 Å². The molecule has 0 aromatic heterocycles. The highest BCUT2D eigenvalue weighted by atomic mass is 35.5. The molecule has 15 heavy (non-hydrogen) atoms. The SMILES string of the molecule is Clc1ccc(Cl)c(CC2CC[N]CC2)c1. The molecule has 0 atom stereocenters. The Bertz CT molecular complexity index is 332. The zero-order valence-electron chi connectivity index (χ0n) is 8.55. The monoisotopic (exact) mass is 242 g/mol. The van der Waals surface area contributed by atoms with Gasteiger partial charge in [-0.05, 0) is 48.9 Å². The van der Waals surface area contributed by atoms with Crippen molar-refractivity contribution in [1.29, 1.82) is 0 Å². The van der Waals surface area contributed by atoms with Crippen molar-refractivity contribution in [2.75, 3.05) is 13.1 Å². The van der Waals surface area contributed by atoms with Crippen molar-refractivity contribution in [2.45, 2.75) is 19.3 Å². The Morgan fingerprint density at radius 1 is 1.20 bits per heavy atom. The van der Waals surface area contributed by atoms with Gasteiger partial charge in [0, 0.05) is 23.1 Å². The van der Waals surface area contributed by atoms with E-state index in [1.54, 1.807) is 0 Å². The predicted molar refractivity (Wildman–Crippen MR) is 64.8 cm³/mol. The lowest BCUT2D eigenvalue weighted by Gasteiger charge is -2.21. The van der Waals surface area contributed by atoms with Crippen LogP contribution in [-0.2, 0) is 6.42 Å². The number of halogens is 2. The number of hydrogen-bond acceptors (Lipinski definition) is 0. The van der Waals surface area contributed by atoms with Crippen molar-refractivity contribution in [3.05, 3.63) is 33.8 Å². The van der Waals surface area contributed by atoms with E-state index in [2.05, 4.69) is 5.32 Å². The van der Waals surface area contributed by atoms with E-state index in [1.807, 2.05) is 18.2 Å². The second kappa shape index (κ2) is 5.20. The largest absolute Gasteiger partial charge is 0.242 e. The highest BCUT2D eigenvalue weighted by molar-refractivity contribution is 6.33. The summed E-state index contributed by atoms with van der Waals surface area (Å²) in [5.74, 6) is 0.721. The van der Waals surface area contributed by atoms with Crippen molar-refractivity contribution < 1.29 is 0 Å². The van der Waals surface area contributed by atoms with E-state index in [0.717, 1.165) is 35.5 Å². The maximum absolute atomic E-state index is 6.13. The van der Waals surface area contributed by atoms with E-state index >= 15 is 0 Å². The smallest absolute Gasteiger partial charge is 0.0439 e. The molecule has 81 valence electrons. The maximum atomic E-state index is 6.13. The Hall–Kier alpha value is -0.240. The first kappa shape index (κ1) is 11.3. The van der Waals surface area contributed by atoms with E-state index < -0.39 is 0 Å². The molecule has 0 bridgehead atoms.